The molecule has 0 N–H and O–H groups in total. The Morgan fingerprint density at radius 1 is 1.35 bits per heavy atom. The van der Waals surface area contributed by atoms with Crippen molar-refractivity contribution in [2.24, 2.45) is 17.3 Å². The number of esters is 1. The summed E-state index contributed by atoms with van der Waals surface area (Å²) >= 11 is 0. The zero-order valence-corrected chi connectivity index (χ0v) is 14.0. The highest BCUT2D eigenvalue weighted by atomic mass is 16.7. The van der Waals surface area contributed by atoms with Gasteiger partial charge in [0.15, 0.2) is 5.79 Å². The van der Waals surface area contributed by atoms with E-state index in [2.05, 4.69) is 27.7 Å². The van der Waals surface area contributed by atoms with E-state index in [9.17, 15) is 4.79 Å². The van der Waals surface area contributed by atoms with Gasteiger partial charge < -0.3 is 14.2 Å². The van der Waals surface area contributed by atoms with Crippen LogP contribution in [0.3, 0.4) is 0 Å². The fourth-order valence-electron chi connectivity index (χ4n) is 2.58. The van der Waals surface area contributed by atoms with E-state index in [0.717, 1.165) is 6.42 Å². The van der Waals surface area contributed by atoms with Gasteiger partial charge in [-0.1, -0.05) is 27.7 Å². The van der Waals surface area contributed by atoms with Crippen molar-refractivity contribution in [3.05, 3.63) is 0 Å². The van der Waals surface area contributed by atoms with E-state index in [1.54, 1.807) is 0 Å². The van der Waals surface area contributed by atoms with Gasteiger partial charge in [-0.25, -0.2) is 0 Å². The molecule has 0 radical (unpaired) electrons. The zero-order valence-electron chi connectivity index (χ0n) is 14.0. The van der Waals surface area contributed by atoms with Crippen LogP contribution in [-0.2, 0) is 19.0 Å². The summed E-state index contributed by atoms with van der Waals surface area (Å²) in [5.41, 5.74) is -0.441. The van der Waals surface area contributed by atoms with Gasteiger partial charge in [0.2, 0.25) is 0 Å². The SMILES string of the molecule is CC(C)CC(C)(C(=O)OCC1COC(C)(C)O1)C(C)C. The molecule has 118 valence electrons. The molecular weight excluding hydrogens is 256 g/mol. The lowest BCUT2D eigenvalue weighted by molar-refractivity contribution is -0.169. The van der Waals surface area contributed by atoms with Crippen LogP contribution < -0.4 is 0 Å². The van der Waals surface area contributed by atoms with E-state index in [4.69, 9.17) is 14.2 Å². The molecule has 0 aromatic rings. The predicted molar refractivity (Wildman–Crippen MR) is 78.3 cm³/mol. The van der Waals surface area contributed by atoms with Crippen molar-refractivity contribution in [2.75, 3.05) is 13.2 Å². The number of carbonyl (C=O) groups excluding carboxylic acids is 1. The molecule has 1 aliphatic heterocycles. The monoisotopic (exact) mass is 286 g/mol. The summed E-state index contributed by atoms with van der Waals surface area (Å²) in [5.74, 6) is 0.000128. The molecule has 0 amide bonds. The van der Waals surface area contributed by atoms with Gasteiger partial charge in [-0.15, -0.1) is 0 Å². The van der Waals surface area contributed by atoms with E-state index < -0.39 is 11.2 Å². The first-order valence-electron chi connectivity index (χ1n) is 7.56. The van der Waals surface area contributed by atoms with Crippen LogP contribution >= 0.6 is 0 Å². The molecule has 1 aliphatic rings. The molecule has 0 aromatic carbocycles. The Morgan fingerprint density at radius 2 is 1.95 bits per heavy atom. The van der Waals surface area contributed by atoms with Gasteiger partial charge in [0.25, 0.3) is 0 Å². The zero-order chi connectivity index (χ0) is 15.6. The molecule has 20 heavy (non-hydrogen) atoms. The van der Waals surface area contributed by atoms with E-state index in [0.29, 0.717) is 12.5 Å². The number of hydrogen-bond donors (Lipinski definition) is 0. The summed E-state index contributed by atoms with van der Waals surface area (Å²) in [5, 5.41) is 0. The summed E-state index contributed by atoms with van der Waals surface area (Å²) < 4.78 is 16.6. The average molecular weight is 286 g/mol. The van der Waals surface area contributed by atoms with Crippen molar-refractivity contribution in [1.29, 1.82) is 0 Å². The van der Waals surface area contributed by atoms with Crippen LogP contribution in [0.5, 0.6) is 0 Å². The smallest absolute Gasteiger partial charge is 0.312 e. The van der Waals surface area contributed by atoms with Gasteiger partial charge in [-0.2, -0.15) is 0 Å². The standard InChI is InChI=1S/C16H30O4/c1-11(2)8-16(7,12(3)4)14(17)18-9-13-10-19-15(5,6)20-13/h11-13H,8-10H2,1-7H3. The van der Waals surface area contributed by atoms with Crippen molar-refractivity contribution in [3.8, 4) is 0 Å². The van der Waals surface area contributed by atoms with Crippen LogP contribution in [0, 0.1) is 17.3 Å². The number of carbonyl (C=O) groups is 1. The Kier molecular flexibility index (Phi) is 5.61. The quantitative estimate of drug-likeness (QED) is 0.702. The minimum absolute atomic E-state index is 0.130. The van der Waals surface area contributed by atoms with Crippen LogP contribution in [-0.4, -0.2) is 31.1 Å². The van der Waals surface area contributed by atoms with Gasteiger partial charge in [-0.3, -0.25) is 4.79 Å². The average Bonchev–Trinajstić information content (AvgIpc) is 2.64. The van der Waals surface area contributed by atoms with E-state index >= 15 is 0 Å². The highest BCUT2D eigenvalue weighted by Gasteiger charge is 2.40. The van der Waals surface area contributed by atoms with E-state index in [-0.39, 0.29) is 24.6 Å². The fourth-order valence-corrected chi connectivity index (χ4v) is 2.58. The molecule has 0 bridgehead atoms. The van der Waals surface area contributed by atoms with Crippen molar-refractivity contribution in [3.63, 3.8) is 0 Å². The van der Waals surface area contributed by atoms with Gasteiger partial charge in [-0.05, 0) is 39.0 Å². The van der Waals surface area contributed by atoms with E-state index in [1.807, 2.05) is 20.8 Å². The molecule has 2 unspecified atom stereocenters. The third-order valence-electron chi connectivity index (χ3n) is 4.04. The first-order chi connectivity index (χ1) is 9.07. The van der Waals surface area contributed by atoms with E-state index in [1.165, 1.54) is 0 Å². The summed E-state index contributed by atoms with van der Waals surface area (Å²) in [6, 6.07) is 0. The Bertz CT molecular complexity index is 335. The molecule has 1 fully saturated rings. The molecule has 4 nitrogen and oxygen atoms in total. The normalized spacial score (nSPS) is 24.9. The molecular formula is C16H30O4. The van der Waals surface area contributed by atoms with Gasteiger partial charge >= 0.3 is 5.97 Å². The lowest BCUT2D eigenvalue weighted by Crippen LogP contribution is -2.38. The molecule has 1 heterocycles. The van der Waals surface area contributed by atoms with Crippen molar-refractivity contribution >= 4 is 5.97 Å². The molecule has 0 aliphatic carbocycles. The molecule has 0 spiro atoms. The van der Waals surface area contributed by atoms with Crippen LogP contribution in [0.2, 0.25) is 0 Å². The maximum Gasteiger partial charge on any atom is 0.312 e. The minimum Gasteiger partial charge on any atom is -0.462 e. The van der Waals surface area contributed by atoms with Gasteiger partial charge in [0.1, 0.15) is 12.7 Å². The maximum absolute atomic E-state index is 12.4. The summed E-state index contributed by atoms with van der Waals surface area (Å²) in [6.07, 6.45) is 0.668. The van der Waals surface area contributed by atoms with Crippen LogP contribution in [0.25, 0.3) is 0 Å². The topological polar surface area (TPSA) is 44.8 Å². The Balaban J connectivity index is 2.55. The van der Waals surface area contributed by atoms with Crippen LogP contribution in [0.1, 0.15) is 54.9 Å². The second kappa shape index (κ2) is 6.44. The Labute approximate surface area is 123 Å². The number of ether oxygens (including phenoxy) is 3. The highest BCUT2D eigenvalue weighted by molar-refractivity contribution is 5.76. The highest BCUT2D eigenvalue weighted by Crippen LogP contribution is 2.36. The number of rotatable bonds is 6. The van der Waals surface area contributed by atoms with Gasteiger partial charge in [0.05, 0.1) is 12.0 Å². The summed E-state index contributed by atoms with van der Waals surface area (Å²) in [7, 11) is 0. The second-order valence-electron chi connectivity index (χ2n) is 7.22. The molecule has 0 aromatic heterocycles. The Morgan fingerprint density at radius 3 is 2.35 bits per heavy atom. The largest absolute Gasteiger partial charge is 0.462 e. The third-order valence-corrected chi connectivity index (χ3v) is 4.04. The van der Waals surface area contributed by atoms with Crippen molar-refractivity contribution < 1.29 is 19.0 Å². The molecule has 2 atom stereocenters. The molecule has 1 saturated heterocycles. The first-order valence-corrected chi connectivity index (χ1v) is 7.56. The predicted octanol–water partition coefficient (Wildman–Crippen LogP) is 3.39. The van der Waals surface area contributed by atoms with Crippen molar-refractivity contribution in [2.45, 2.75) is 66.8 Å². The summed E-state index contributed by atoms with van der Waals surface area (Å²) in [4.78, 5) is 12.4. The maximum atomic E-state index is 12.4. The second-order valence-corrected chi connectivity index (χ2v) is 7.22. The van der Waals surface area contributed by atoms with Crippen LogP contribution in [0.4, 0.5) is 0 Å². The van der Waals surface area contributed by atoms with Gasteiger partial charge in [0, 0.05) is 0 Å². The Hall–Kier alpha value is -0.610. The first kappa shape index (κ1) is 17.4. The lowest BCUT2D eigenvalue weighted by Gasteiger charge is -2.33. The fraction of sp³-hybridized carbons (Fsp3) is 0.938. The molecule has 0 saturated carbocycles. The third kappa shape index (κ3) is 4.45. The number of hydrogen-bond acceptors (Lipinski definition) is 4. The lowest BCUT2D eigenvalue weighted by atomic mass is 9.73. The van der Waals surface area contributed by atoms with Crippen molar-refractivity contribution in [1.82, 2.24) is 0 Å². The molecule has 4 heteroatoms. The minimum atomic E-state index is -0.573. The summed E-state index contributed by atoms with van der Waals surface area (Å²) in [6.45, 7) is 14.9. The van der Waals surface area contributed by atoms with Crippen LogP contribution in [0.15, 0.2) is 0 Å². The molecule has 1 rings (SSSR count).